The van der Waals surface area contributed by atoms with Crippen LogP contribution >= 0.6 is 22.9 Å². The van der Waals surface area contributed by atoms with E-state index in [1.54, 1.807) is 0 Å². The number of likely N-dealkylation sites (N-methyl/N-ethyl adjacent to an activating group) is 1. The van der Waals surface area contributed by atoms with Gasteiger partial charge in [0, 0.05) is 68.2 Å². The molecule has 3 rings (SSSR count). The van der Waals surface area contributed by atoms with Crippen LogP contribution < -0.4 is 0 Å². The van der Waals surface area contributed by atoms with Crippen molar-refractivity contribution in [2.24, 2.45) is 5.92 Å². The maximum Gasteiger partial charge on any atom is 0.0603 e. The van der Waals surface area contributed by atoms with E-state index in [2.05, 4.69) is 49.6 Å². The fraction of sp³-hybridized carbons (Fsp3) is 1.00. The molecule has 0 amide bonds. The first-order valence-electron chi connectivity index (χ1n) is 10.2. The molecule has 1 aliphatic carbocycles. The maximum absolute atomic E-state index is 6.41. The Morgan fingerprint density at radius 2 is 1.58 bits per heavy atom. The van der Waals surface area contributed by atoms with Gasteiger partial charge in [-0.2, -0.15) is 0 Å². The molecule has 0 N–H and O–H groups in total. The number of halogens is 1. The van der Waals surface area contributed by atoms with Crippen molar-refractivity contribution < 1.29 is 4.74 Å². The summed E-state index contributed by atoms with van der Waals surface area (Å²) in [5.41, 5.74) is 0. The molecule has 1 atom stereocenters. The molecule has 3 aliphatic rings. The number of piperazine rings is 1. The molecule has 2 heterocycles. The second kappa shape index (κ2) is 9.49. The first-order chi connectivity index (χ1) is 11.6. The van der Waals surface area contributed by atoms with E-state index in [1.165, 1.54) is 84.3 Å². The van der Waals surface area contributed by atoms with Crippen LogP contribution in [0.25, 0.3) is 0 Å². The number of nitrogens with zero attached hydrogens (tertiary/aromatic N) is 3. The van der Waals surface area contributed by atoms with Crippen molar-refractivity contribution in [1.82, 2.24) is 12.9 Å². The van der Waals surface area contributed by atoms with E-state index >= 15 is 0 Å². The molecular formula is C19H36IN3O. The first-order valence-corrected chi connectivity index (χ1v) is 11.1. The van der Waals surface area contributed by atoms with Gasteiger partial charge in [0.05, 0.1) is 12.2 Å². The molecule has 4 nitrogen and oxygen atoms in total. The highest BCUT2D eigenvalue weighted by Gasteiger charge is 2.29. The molecule has 0 spiro atoms. The van der Waals surface area contributed by atoms with E-state index in [4.69, 9.17) is 4.74 Å². The molecule has 5 heteroatoms. The molecule has 1 saturated carbocycles. The lowest BCUT2D eigenvalue weighted by molar-refractivity contribution is -0.0549. The van der Waals surface area contributed by atoms with Gasteiger partial charge in [0.1, 0.15) is 0 Å². The van der Waals surface area contributed by atoms with Crippen LogP contribution in [0.1, 0.15) is 52.4 Å². The van der Waals surface area contributed by atoms with E-state index in [1.807, 2.05) is 0 Å². The number of hydrogen-bond acceptors (Lipinski definition) is 4. The van der Waals surface area contributed by atoms with Crippen LogP contribution in [-0.4, -0.2) is 77.0 Å². The van der Waals surface area contributed by atoms with E-state index in [9.17, 15) is 0 Å². The van der Waals surface area contributed by atoms with Crippen LogP contribution in [0, 0.1) is 5.92 Å². The smallest absolute Gasteiger partial charge is 0.0603 e. The Balaban J connectivity index is 1.33. The van der Waals surface area contributed by atoms with Gasteiger partial charge in [-0.05, 0) is 57.9 Å². The predicted molar refractivity (Wildman–Crippen MR) is 109 cm³/mol. The van der Waals surface area contributed by atoms with Gasteiger partial charge in [-0.15, -0.1) is 0 Å². The van der Waals surface area contributed by atoms with Crippen LogP contribution in [0.2, 0.25) is 0 Å². The summed E-state index contributed by atoms with van der Waals surface area (Å²) in [7, 11) is 0. The zero-order valence-corrected chi connectivity index (χ0v) is 17.8. The van der Waals surface area contributed by atoms with Crippen LogP contribution in [0.15, 0.2) is 0 Å². The summed E-state index contributed by atoms with van der Waals surface area (Å²) in [6, 6.07) is 0.729. The zero-order valence-electron chi connectivity index (χ0n) is 15.6. The SMILES string of the molecule is CCN1CCN(C[C@H]2CC[C@H](OC3CCN(I)CC3)CC2)CC1C. The van der Waals surface area contributed by atoms with E-state index in [0.717, 1.165) is 12.0 Å². The number of ether oxygens (including phenoxy) is 1. The van der Waals surface area contributed by atoms with Gasteiger partial charge in [-0.1, -0.05) is 6.92 Å². The van der Waals surface area contributed by atoms with Crippen LogP contribution in [0.5, 0.6) is 0 Å². The fourth-order valence-electron chi connectivity index (χ4n) is 4.75. The average molecular weight is 449 g/mol. The zero-order chi connectivity index (χ0) is 16.9. The number of hydrogen-bond donors (Lipinski definition) is 0. The lowest BCUT2D eigenvalue weighted by atomic mass is 9.86. The molecule has 0 aromatic heterocycles. The van der Waals surface area contributed by atoms with Gasteiger partial charge >= 0.3 is 0 Å². The molecular weight excluding hydrogens is 413 g/mol. The molecule has 0 aromatic rings. The first kappa shape index (κ1) is 19.3. The summed E-state index contributed by atoms with van der Waals surface area (Å²) in [6.45, 7) is 13.4. The summed E-state index contributed by atoms with van der Waals surface area (Å²) in [6.07, 6.45) is 8.85. The van der Waals surface area contributed by atoms with Crippen molar-refractivity contribution in [1.29, 1.82) is 0 Å². The molecule has 0 bridgehead atoms. The van der Waals surface area contributed by atoms with E-state index in [-0.39, 0.29) is 0 Å². The average Bonchev–Trinajstić information content (AvgIpc) is 2.59. The van der Waals surface area contributed by atoms with Crippen molar-refractivity contribution in [2.75, 3.05) is 45.8 Å². The Hall–Kier alpha value is 0.570. The van der Waals surface area contributed by atoms with Crippen molar-refractivity contribution in [2.45, 2.75) is 70.6 Å². The molecule has 24 heavy (non-hydrogen) atoms. The molecule has 140 valence electrons. The lowest BCUT2D eigenvalue weighted by Crippen LogP contribution is -2.52. The molecule has 0 radical (unpaired) electrons. The second-order valence-electron chi connectivity index (χ2n) is 8.13. The highest BCUT2D eigenvalue weighted by atomic mass is 127. The van der Waals surface area contributed by atoms with Gasteiger partial charge in [0.2, 0.25) is 0 Å². The highest BCUT2D eigenvalue weighted by Crippen LogP contribution is 2.30. The topological polar surface area (TPSA) is 19.0 Å². The number of rotatable bonds is 5. The summed E-state index contributed by atoms with van der Waals surface area (Å²) in [4.78, 5) is 5.33. The summed E-state index contributed by atoms with van der Waals surface area (Å²) in [5, 5.41) is 0. The second-order valence-corrected chi connectivity index (χ2v) is 9.49. The van der Waals surface area contributed by atoms with Gasteiger partial charge in [-0.3, -0.25) is 4.90 Å². The minimum atomic E-state index is 0.528. The highest BCUT2D eigenvalue weighted by molar-refractivity contribution is 14.1. The van der Waals surface area contributed by atoms with Gasteiger partial charge in [-0.25, -0.2) is 3.11 Å². The van der Waals surface area contributed by atoms with E-state index < -0.39 is 0 Å². The van der Waals surface area contributed by atoms with Crippen molar-refractivity contribution in [3.8, 4) is 0 Å². The normalized spacial score (nSPS) is 35.4. The molecule has 2 saturated heterocycles. The summed E-state index contributed by atoms with van der Waals surface area (Å²) >= 11 is 2.44. The Kier molecular flexibility index (Phi) is 7.65. The Labute approximate surface area is 162 Å². The molecule has 1 unspecified atom stereocenters. The third-order valence-corrected chi connectivity index (χ3v) is 7.30. The number of piperidine rings is 1. The van der Waals surface area contributed by atoms with Crippen molar-refractivity contribution in [3.63, 3.8) is 0 Å². The lowest BCUT2D eigenvalue weighted by Gasteiger charge is -2.41. The molecule has 2 aliphatic heterocycles. The predicted octanol–water partition coefficient (Wildman–Crippen LogP) is 3.40. The van der Waals surface area contributed by atoms with Gasteiger partial charge in [0.25, 0.3) is 0 Å². The van der Waals surface area contributed by atoms with Crippen LogP contribution in [0.3, 0.4) is 0 Å². The van der Waals surface area contributed by atoms with E-state index in [0.29, 0.717) is 12.2 Å². The Morgan fingerprint density at radius 1 is 0.917 bits per heavy atom. The van der Waals surface area contributed by atoms with Crippen molar-refractivity contribution >= 4 is 22.9 Å². The standard InChI is InChI=1S/C19H36IN3O/c1-3-22-13-12-21(14-16(22)2)15-17-4-6-18(7-5-17)24-19-8-10-23(20)11-9-19/h16-19H,3-15H2,1-2H3/t16?,17-,18-. The molecule has 3 fully saturated rings. The third kappa shape index (κ3) is 5.53. The van der Waals surface area contributed by atoms with Crippen LogP contribution in [-0.2, 0) is 4.74 Å². The van der Waals surface area contributed by atoms with Crippen LogP contribution in [0.4, 0.5) is 0 Å². The Bertz CT molecular complexity index is 368. The Morgan fingerprint density at radius 3 is 2.21 bits per heavy atom. The quantitative estimate of drug-likeness (QED) is 0.473. The minimum absolute atomic E-state index is 0.528. The van der Waals surface area contributed by atoms with Gasteiger partial charge < -0.3 is 9.64 Å². The third-order valence-electron chi connectivity index (χ3n) is 6.34. The monoisotopic (exact) mass is 449 g/mol. The summed E-state index contributed by atoms with van der Waals surface area (Å²) < 4.78 is 8.81. The molecule has 0 aromatic carbocycles. The fourth-order valence-corrected chi connectivity index (χ4v) is 5.31. The van der Waals surface area contributed by atoms with Crippen molar-refractivity contribution in [3.05, 3.63) is 0 Å². The largest absolute Gasteiger partial charge is 0.375 e. The minimum Gasteiger partial charge on any atom is -0.375 e. The van der Waals surface area contributed by atoms with Gasteiger partial charge in [0.15, 0.2) is 0 Å². The summed E-state index contributed by atoms with van der Waals surface area (Å²) in [5.74, 6) is 0.904. The maximum atomic E-state index is 6.41.